The smallest absolute Gasteiger partial charge is 0.115 e. The highest BCUT2D eigenvalue weighted by Crippen LogP contribution is 2.43. The highest BCUT2D eigenvalue weighted by molar-refractivity contribution is 5.88. The van der Waals surface area contributed by atoms with Gasteiger partial charge in [-0.05, 0) is 46.7 Å². The van der Waals surface area contributed by atoms with Gasteiger partial charge in [0.1, 0.15) is 5.60 Å². The summed E-state index contributed by atoms with van der Waals surface area (Å²) in [6.45, 7) is 0. The van der Waals surface area contributed by atoms with E-state index in [9.17, 15) is 5.11 Å². The van der Waals surface area contributed by atoms with E-state index in [4.69, 9.17) is 0 Å². The maximum absolute atomic E-state index is 11.5. The molecule has 1 N–H and O–H groups in total. The van der Waals surface area contributed by atoms with Crippen LogP contribution in [0, 0.1) is 0 Å². The Hall–Kier alpha value is -2.12. The first kappa shape index (κ1) is 12.6. The predicted molar refractivity (Wildman–Crippen MR) is 86.3 cm³/mol. The zero-order chi connectivity index (χ0) is 14.3. The molecule has 0 fully saturated rings. The third kappa shape index (κ3) is 1.89. The second-order valence-electron chi connectivity index (χ2n) is 5.90. The van der Waals surface area contributed by atoms with Crippen molar-refractivity contribution in [3.8, 4) is 0 Å². The van der Waals surface area contributed by atoms with E-state index < -0.39 is 5.60 Å². The number of benzene rings is 3. The molecule has 3 aromatic carbocycles. The zero-order valence-corrected chi connectivity index (χ0v) is 11.9. The SMILES string of the molecule is OC1(c2ccccc2)CCCc2ccc3ccccc3c21. The first-order chi connectivity index (χ1) is 10.3. The molecule has 0 saturated carbocycles. The van der Waals surface area contributed by atoms with Crippen LogP contribution in [0.15, 0.2) is 66.7 Å². The van der Waals surface area contributed by atoms with Crippen molar-refractivity contribution in [3.05, 3.63) is 83.4 Å². The van der Waals surface area contributed by atoms with E-state index in [1.807, 2.05) is 30.3 Å². The summed E-state index contributed by atoms with van der Waals surface area (Å²) in [5.41, 5.74) is 2.53. The van der Waals surface area contributed by atoms with Crippen LogP contribution in [-0.2, 0) is 12.0 Å². The maximum atomic E-state index is 11.5. The monoisotopic (exact) mass is 274 g/mol. The van der Waals surface area contributed by atoms with Gasteiger partial charge in [-0.1, -0.05) is 66.7 Å². The molecule has 0 aromatic heterocycles. The van der Waals surface area contributed by atoms with Crippen LogP contribution in [0.1, 0.15) is 29.5 Å². The fourth-order valence-electron chi connectivity index (χ4n) is 3.68. The van der Waals surface area contributed by atoms with E-state index in [-0.39, 0.29) is 0 Å². The Morgan fingerprint density at radius 1 is 0.810 bits per heavy atom. The average molecular weight is 274 g/mol. The summed E-state index contributed by atoms with van der Waals surface area (Å²) >= 11 is 0. The lowest BCUT2D eigenvalue weighted by atomic mass is 9.73. The Labute approximate surface area is 124 Å². The molecule has 1 aliphatic carbocycles. The van der Waals surface area contributed by atoms with E-state index in [2.05, 4.69) is 36.4 Å². The van der Waals surface area contributed by atoms with Gasteiger partial charge in [0.2, 0.25) is 0 Å². The van der Waals surface area contributed by atoms with Gasteiger partial charge in [-0.15, -0.1) is 0 Å². The average Bonchev–Trinajstić information content (AvgIpc) is 2.55. The van der Waals surface area contributed by atoms with Crippen LogP contribution in [0.3, 0.4) is 0 Å². The van der Waals surface area contributed by atoms with Crippen molar-refractivity contribution in [3.63, 3.8) is 0 Å². The number of aliphatic hydroxyl groups is 1. The van der Waals surface area contributed by atoms with Crippen molar-refractivity contribution in [1.82, 2.24) is 0 Å². The Morgan fingerprint density at radius 3 is 2.43 bits per heavy atom. The first-order valence-electron chi connectivity index (χ1n) is 7.58. The minimum absolute atomic E-state index is 0.790. The van der Waals surface area contributed by atoms with Gasteiger partial charge < -0.3 is 5.11 Å². The molecule has 4 rings (SSSR count). The quantitative estimate of drug-likeness (QED) is 0.697. The minimum Gasteiger partial charge on any atom is -0.380 e. The molecule has 0 saturated heterocycles. The van der Waals surface area contributed by atoms with Gasteiger partial charge >= 0.3 is 0 Å². The predicted octanol–water partition coefficient (Wildman–Crippen LogP) is 4.41. The third-order valence-corrected chi connectivity index (χ3v) is 4.66. The Morgan fingerprint density at radius 2 is 1.57 bits per heavy atom. The van der Waals surface area contributed by atoms with E-state index in [0.717, 1.165) is 30.4 Å². The molecule has 104 valence electrons. The largest absolute Gasteiger partial charge is 0.380 e. The Kier molecular flexibility index (Phi) is 2.83. The molecule has 0 spiro atoms. The molecular weight excluding hydrogens is 256 g/mol. The molecule has 0 bridgehead atoms. The number of hydrogen-bond donors (Lipinski definition) is 1. The number of aryl methyl sites for hydroxylation is 1. The molecule has 3 aromatic rings. The van der Waals surface area contributed by atoms with Crippen molar-refractivity contribution in [1.29, 1.82) is 0 Å². The molecule has 0 radical (unpaired) electrons. The lowest BCUT2D eigenvalue weighted by Gasteiger charge is -2.36. The molecule has 1 nitrogen and oxygen atoms in total. The summed E-state index contributed by atoms with van der Waals surface area (Å²) < 4.78 is 0. The summed E-state index contributed by atoms with van der Waals surface area (Å²) in [5.74, 6) is 0. The van der Waals surface area contributed by atoms with Crippen LogP contribution in [0.2, 0.25) is 0 Å². The highest BCUT2D eigenvalue weighted by atomic mass is 16.3. The summed E-state index contributed by atoms with van der Waals surface area (Å²) in [7, 11) is 0. The van der Waals surface area contributed by atoms with E-state index in [0.29, 0.717) is 0 Å². The van der Waals surface area contributed by atoms with Gasteiger partial charge in [-0.2, -0.15) is 0 Å². The van der Waals surface area contributed by atoms with Crippen LogP contribution in [0.25, 0.3) is 10.8 Å². The number of rotatable bonds is 1. The molecule has 1 heteroatoms. The molecular formula is C20H18O. The molecule has 0 heterocycles. The van der Waals surface area contributed by atoms with Gasteiger partial charge in [0.25, 0.3) is 0 Å². The molecule has 0 amide bonds. The summed E-state index contributed by atoms with van der Waals surface area (Å²) in [4.78, 5) is 0. The molecule has 1 unspecified atom stereocenters. The maximum Gasteiger partial charge on any atom is 0.115 e. The van der Waals surface area contributed by atoms with Crippen molar-refractivity contribution >= 4 is 10.8 Å². The molecule has 0 aliphatic heterocycles. The topological polar surface area (TPSA) is 20.2 Å². The van der Waals surface area contributed by atoms with Gasteiger partial charge in [0.15, 0.2) is 0 Å². The van der Waals surface area contributed by atoms with Gasteiger partial charge in [-0.3, -0.25) is 0 Å². The Balaban J connectivity index is 2.05. The number of hydrogen-bond acceptors (Lipinski definition) is 1. The van der Waals surface area contributed by atoms with Crippen molar-refractivity contribution < 1.29 is 5.11 Å². The lowest BCUT2D eigenvalue weighted by molar-refractivity contribution is 0.0632. The number of fused-ring (bicyclic) bond motifs is 3. The van der Waals surface area contributed by atoms with Crippen LogP contribution in [-0.4, -0.2) is 5.11 Å². The van der Waals surface area contributed by atoms with Gasteiger partial charge in [0, 0.05) is 0 Å². The highest BCUT2D eigenvalue weighted by Gasteiger charge is 2.37. The minimum atomic E-state index is -0.865. The Bertz CT molecular complexity index is 791. The fraction of sp³-hybridized carbons (Fsp3) is 0.200. The lowest BCUT2D eigenvalue weighted by Crippen LogP contribution is -2.32. The van der Waals surface area contributed by atoms with E-state index in [1.165, 1.54) is 16.3 Å². The second-order valence-corrected chi connectivity index (χ2v) is 5.90. The molecule has 21 heavy (non-hydrogen) atoms. The standard InChI is InChI=1S/C20H18O/c21-20(17-9-2-1-3-10-17)14-6-8-16-13-12-15-7-4-5-11-18(15)19(16)20/h1-5,7,9-13,21H,6,8,14H2. The zero-order valence-electron chi connectivity index (χ0n) is 11.9. The summed E-state index contributed by atoms with van der Waals surface area (Å²) in [6, 6.07) is 22.8. The van der Waals surface area contributed by atoms with Crippen LogP contribution in [0.5, 0.6) is 0 Å². The van der Waals surface area contributed by atoms with Gasteiger partial charge in [0.05, 0.1) is 0 Å². The van der Waals surface area contributed by atoms with Gasteiger partial charge in [-0.25, -0.2) is 0 Å². The normalized spacial score (nSPS) is 21.2. The van der Waals surface area contributed by atoms with Crippen LogP contribution < -0.4 is 0 Å². The molecule has 1 atom stereocenters. The summed E-state index contributed by atoms with van der Waals surface area (Å²) in [6.07, 6.45) is 2.87. The van der Waals surface area contributed by atoms with Crippen molar-refractivity contribution in [2.24, 2.45) is 0 Å². The third-order valence-electron chi connectivity index (χ3n) is 4.66. The van der Waals surface area contributed by atoms with Crippen LogP contribution in [0.4, 0.5) is 0 Å². The van der Waals surface area contributed by atoms with E-state index >= 15 is 0 Å². The van der Waals surface area contributed by atoms with Crippen molar-refractivity contribution in [2.45, 2.75) is 24.9 Å². The van der Waals surface area contributed by atoms with Crippen LogP contribution >= 0.6 is 0 Å². The second kappa shape index (κ2) is 4.71. The van der Waals surface area contributed by atoms with E-state index in [1.54, 1.807) is 0 Å². The molecule has 1 aliphatic rings. The summed E-state index contributed by atoms with van der Waals surface area (Å²) in [5, 5.41) is 13.9. The fourth-order valence-corrected chi connectivity index (χ4v) is 3.68. The first-order valence-corrected chi connectivity index (χ1v) is 7.58. The van der Waals surface area contributed by atoms with Crippen molar-refractivity contribution in [2.75, 3.05) is 0 Å².